The Kier molecular flexibility index (Phi) is 4.76. The highest BCUT2D eigenvalue weighted by Gasteiger charge is 2.17. The van der Waals surface area contributed by atoms with Crippen LogP contribution in [0.2, 0.25) is 0 Å². The lowest BCUT2D eigenvalue weighted by molar-refractivity contribution is 0.342. The second-order valence-corrected chi connectivity index (χ2v) is 6.29. The van der Waals surface area contributed by atoms with Crippen molar-refractivity contribution in [2.75, 3.05) is 18.1 Å². The van der Waals surface area contributed by atoms with Gasteiger partial charge in [0.05, 0.1) is 17.5 Å². The van der Waals surface area contributed by atoms with E-state index in [1.807, 2.05) is 0 Å². The van der Waals surface area contributed by atoms with Crippen LogP contribution in [-0.4, -0.2) is 36.0 Å². The van der Waals surface area contributed by atoms with E-state index in [0.717, 1.165) is 0 Å². The minimum absolute atomic E-state index is 0.00662. The summed E-state index contributed by atoms with van der Waals surface area (Å²) in [7, 11) is -3.49. The summed E-state index contributed by atoms with van der Waals surface area (Å²) in [5.41, 5.74) is 6.18. The van der Waals surface area contributed by atoms with Gasteiger partial charge in [-0.05, 0) is 19.1 Å². The predicted octanol–water partition coefficient (Wildman–Crippen LogP) is 0.446. The van der Waals surface area contributed by atoms with Gasteiger partial charge in [0.1, 0.15) is 24.5 Å². The highest BCUT2D eigenvalue weighted by molar-refractivity contribution is 7.89. The number of benzene rings is 1. The molecule has 114 valence electrons. The summed E-state index contributed by atoms with van der Waals surface area (Å²) in [5.74, 6) is 0.738. The lowest BCUT2D eigenvalue weighted by atomic mass is 10.3. The minimum atomic E-state index is -3.49. The second kappa shape index (κ2) is 6.55. The van der Waals surface area contributed by atoms with E-state index in [9.17, 15) is 8.42 Å². The molecule has 9 heteroatoms. The second-order valence-electron chi connectivity index (χ2n) is 4.42. The summed E-state index contributed by atoms with van der Waals surface area (Å²) in [5, 5.41) is 6.29. The molecule has 1 aromatic heterocycles. The fraction of sp³-hybridized carbons (Fsp3) is 0.333. The molecule has 0 radical (unpaired) electrons. The Hall–Kier alpha value is -2.13. The lowest BCUT2D eigenvalue weighted by Gasteiger charge is -2.12. The number of nitrogens with two attached hydrogens (primary N) is 1. The molecule has 1 unspecified atom stereocenters. The molecule has 2 aromatic rings. The number of aromatic nitrogens is 3. The average molecular weight is 311 g/mol. The topological polar surface area (TPSA) is 123 Å². The third-order valence-corrected chi connectivity index (χ3v) is 4.15. The Morgan fingerprint density at radius 1 is 1.43 bits per heavy atom. The van der Waals surface area contributed by atoms with Gasteiger partial charge < -0.3 is 10.5 Å². The molecule has 2 rings (SSSR count). The number of nitrogens with one attached hydrogen (secondary N) is 2. The number of sulfonamides is 1. The van der Waals surface area contributed by atoms with E-state index in [2.05, 4.69) is 19.9 Å². The van der Waals surface area contributed by atoms with Gasteiger partial charge in [-0.15, -0.1) is 0 Å². The Morgan fingerprint density at radius 3 is 2.86 bits per heavy atom. The van der Waals surface area contributed by atoms with Gasteiger partial charge in [0.15, 0.2) is 0 Å². The fourth-order valence-corrected chi connectivity index (χ4v) is 2.75. The van der Waals surface area contributed by atoms with Crippen molar-refractivity contribution in [2.45, 2.75) is 13.0 Å². The molecule has 0 saturated carbocycles. The molecule has 0 bridgehead atoms. The molecule has 8 nitrogen and oxygen atoms in total. The van der Waals surface area contributed by atoms with E-state index in [0.29, 0.717) is 17.3 Å². The van der Waals surface area contributed by atoms with Crippen LogP contribution in [0.3, 0.4) is 0 Å². The van der Waals surface area contributed by atoms with Crippen molar-refractivity contribution < 1.29 is 13.2 Å². The monoisotopic (exact) mass is 311 g/mol. The van der Waals surface area contributed by atoms with Crippen molar-refractivity contribution in [3.05, 3.63) is 36.4 Å². The normalized spacial score (nSPS) is 13.0. The van der Waals surface area contributed by atoms with Gasteiger partial charge in [-0.1, -0.05) is 12.1 Å². The molecule has 21 heavy (non-hydrogen) atoms. The largest absolute Gasteiger partial charge is 0.490 e. The van der Waals surface area contributed by atoms with Crippen LogP contribution in [0.4, 0.5) is 5.69 Å². The summed E-state index contributed by atoms with van der Waals surface area (Å²) in [4.78, 5) is 3.90. The zero-order valence-corrected chi connectivity index (χ0v) is 12.3. The molecule has 0 aliphatic rings. The summed E-state index contributed by atoms with van der Waals surface area (Å²) in [6, 6.07) is 6.43. The number of anilines is 1. The molecule has 1 heterocycles. The number of nitrogens with zero attached hydrogens (tertiary/aromatic N) is 2. The summed E-state index contributed by atoms with van der Waals surface area (Å²) < 4.78 is 31.7. The first-order chi connectivity index (χ1) is 9.98. The maximum Gasteiger partial charge on any atom is 0.215 e. The highest BCUT2D eigenvalue weighted by atomic mass is 32.2. The van der Waals surface area contributed by atoms with Crippen LogP contribution in [0, 0.1) is 0 Å². The third-order valence-electron chi connectivity index (χ3n) is 2.73. The van der Waals surface area contributed by atoms with Gasteiger partial charge in [0.25, 0.3) is 0 Å². The Balaban J connectivity index is 1.86. The first kappa shape index (κ1) is 15.3. The van der Waals surface area contributed by atoms with Crippen LogP contribution in [0.1, 0.15) is 18.8 Å². The first-order valence-electron chi connectivity index (χ1n) is 6.30. The van der Waals surface area contributed by atoms with Crippen molar-refractivity contribution >= 4 is 15.7 Å². The zero-order chi connectivity index (χ0) is 15.3. The number of nitrogen functional groups attached to an aromatic ring is 1. The van der Waals surface area contributed by atoms with E-state index in [4.69, 9.17) is 10.5 Å². The molecular weight excluding hydrogens is 294 g/mol. The summed E-state index contributed by atoms with van der Waals surface area (Å²) in [6.07, 6.45) is 1.32. The van der Waals surface area contributed by atoms with Gasteiger partial charge in [-0.25, -0.2) is 18.1 Å². The van der Waals surface area contributed by atoms with E-state index in [1.165, 1.54) is 6.33 Å². The average Bonchev–Trinajstić information content (AvgIpc) is 2.94. The van der Waals surface area contributed by atoms with Crippen LogP contribution in [0.15, 0.2) is 30.6 Å². The summed E-state index contributed by atoms with van der Waals surface area (Å²) >= 11 is 0. The third kappa shape index (κ3) is 4.43. The number of ether oxygens (including phenoxy) is 1. The Bertz CT molecular complexity index is 672. The van der Waals surface area contributed by atoms with Crippen molar-refractivity contribution in [3.8, 4) is 5.75 Å². The number of para-hydroxylation sites is 2. The Labute approximate surface area is 122 Å². The molecule has 1 aromatic carbocycles. The fourth-order valence-electron chi connectivity index (χ4n) is 1.68. The molecule has 0 amide bonds. The van der Waals surface area contributed by atoms with Crippen molar-refractivity contribution in [1.29, 1.82) is 0 Å². The van der Waals surface area contributed by atoms with E-state index < -0.39 is 16.1 Å². The van der Waals surface area contributed by atoms with Crippen LogP contribution >= 0.6 is 0 Å². The molecule has 0 saturated heterocycles. The smallest absolute Gasteiger partial charge is 0.215 e. The van der Waals surface area contributed by atoms with Crippen molar-refractivity contribution in [2.24, 2.45) is 0 Å². The van der Waals surface area contributed by atoms with Crippen LogP contribution in [0.25, 0.3) is 0 Å². The molecule has 0 aliphatic heterocycles. The molecule has 0 spiro atoms. The van der Waals surface area contributed by atoms with Crippen molar-refractivity contribution in [1.82, 2.24) is 19.9 Å². The quantitative estimate of drug-likeness (QED) is 0.638. The molecule has 4 N–H and O–H groups in total. The SMILES string of the molecule is CC(NS(=O)(=O)CCOc1ccccc1N)c1ncn[nH]1. The molecule has 0 fully saturated rings. The zero-order valence-electron chi connectivity index (χ0n) is 11.5. The number of rotatable bonds is 7. The lowest BCUT2D eigenvalue weighted by Crippen LogP contribution is -2.31. The number of hydrogen-bond acceptors (Lipinski definition) is 6. The van der Waals surface area contributed by atoms with Gasteiger partial charge in [0, 0.05) is 0 Å². The maximum atomic E-state index is 11.9. The number of H-pyrrole nitrogens is 1. The van der Waals surface area contributed by atoms with Gasteiger partial charge >= 0.3 is 0 Å². The van der Waals surface area contributed by atoms with Gasteiger partial charge in [-0.2, -0.15) is 5.10 Å². The van der Waals surface area contributed by atoms with E-state index in [1.54, 1.807) is 31.2 Å². The van der Waals surface area contributed by atoms with Gasteiger partial charge in [0.2, 0.25) is 10.0 Å². The first-order valence-corrected chi connectivity index (χ1v) is 7.96. The maximum absolute atomic E-state index is 11.9. The van der Waals surface area contributed by atoms with Crippen molar-refractivity contribution in [3.63, 3.8) is 0 Å². The van der Waals surface area contributed by atoms with Crippen LogP contribution in [0.5, 0.6) is 5.75 Å². The van der Waals surface area contributed by atoms with Crippen LogP contribution < -0.4 is 15.2 Å². The number of hydrogen-bond donors (Lipinski definition) is 3. The number of aromatic amines is 1. The highest BCUT2D eigenvalue weighted by Crippen LogP contribution is 2.19. The Morgan fingerprint density at radius 2 is 2.19 bits per heavy atom. The predicted molar refractivity (Wildman–Crippen MR) is 78.1 cm³/mol. The standard InChI is InChI=1S/C12H17N5O3S/c1-9(12-14-8-15-16-12)17-21(18,19)7-6-20-11-5-3-2-4-10(11)13/h2-5,8-9,17H,6-7,13H2,1H3,(H,14,15,16). The molecular formula is C12H17N5O3S. The van der Waals surface area contributed by atoms with Crippen LogP contribution in [-0.2, 0) is 10.0 Å². The van der Waals surface area contributed by atoms with E-state index in [-0.39, 0.29) is 12.4 Å². The summed E-state index contributed by atoms with van der Waals surface area (Å²) in [6.45, 7) is 1.68. The minimum Gasteiger partial charge on any atom is -0.490 e. The van der Waals surface area contributed by atoms with Gasteiger partial charge in [-0.3, -0.25) is 5.10 Å². The molecule has 0 aliphatic carbocycles. The molecule has 1 atom stereocenters. The van der Waals surface area contributed by atoms with E-state index >= 15 is 0 Å².